The topological polar surface area (TPSA) is 52.6 Å². The van der Waals surface area contributed by atoms with Gasteiger partial charge in [0, 0.05) is 0 Å². The third-order valence-corrected chi connectivity index (χ3v) is 2.87. The SMILES string of the molecule is O=C1OCCOC(=O)c2cc1cc1ccccc21. The molecule has 1 aliphatic heterocycles. The van der Waals surface area contributed by atoms with Crippen molar-refractivity contribution in [2.75, 3.05) is 13.2 Å². The third kappa shape index (κ3) is 1.72. The fourth-order valence-electron chi connectivity index (χ4n) is 2.03. The monoisotopic (exact) mass is 242 g/mol. The van der Waals surface area contributed by atoms with Crippen molar-refractivity contribution in [1.82, 2.24) is 0 Å². The minimum atomic E-state index is -0.430. The predicted molar refractivity (Wildman–Crippen MR) is 64.5 cm³/mol. The Kier molecular flexibility index (Phi) is 2.48. The third-order valence-electron chi connectivity index (χ3n) is 2.87. The van der Waals surface area contributed by atoms with Gasteiger partial charge in [-0.05, 0) is 22.9 Å². The number of carbonyl (C=O) groups excluding carboxylic acids is 2. The maximum absolute atomic E-state index is 11.9. The highest BCUT2D eigenvalue weighted by atomic mass is 16.6. The van der Waals surface area contributed by atoms with Crippen LogP contribution in [0.2, 0.25) is 0 Å². The molecule has 4 nitrogen and oxygen atoms in total. The molecule has 90 valence electrons. The summed E-state index contributed by atoms with van der Waals surface area (Å²) < 4.78 is 10.0. The molecule has 0 atom stereocenters. The molecule has 0 aliphatic carbocycles. The second-order valence-corrected chi connectivity index (χ2v) is 4.02. The molecule has 0 fully saturated rings. The number of carbonyl (C=O) groups is 2. The second kappa shape index (κ2) is 4.14. The molecule has 0 radical (unpaired) electrons. The van der Waals surface area contributed by atoms with Gasteiger partial charge in [-0.3, -0.25) is 0 Å². The Morgan fingerprint density at radius 2 is 1.61 bits per heavy atom. The quantitative estimate of drug-likeness (QED) is 0.664. The first-order chi connectivity index (χ1) is 8.75. The molecule has 2 aromatic rings. The van der Waals surface area contributed by atoms with Crippen molar-refractivity contribution in [3.05, 3.63) is 47.5 Å². The number of hydrogen-bond acceptors (Lipinski definition) is 4. The zero-order valence-corrected chi connectivity index (χ0v) is 9.51. The Bertz CT molecular complexity index is 645. The second-order valence-electron chi connectivity index (χ2n) is 4.02. The Hall–Kier alpha value is -2.36. The lowest BCUT2D eigenvalue weighted by Crippen LogP contribution is -2.10. The maximum Gasteiger partial charge on any atom is 0.338 e. The van der Waals surface area contributed by atoms with Crippen LogP contribution in [0, 0.1) is 0 Å². The van der Waals surface area contributed by atoms with Crippen LogP contribution in [0.1, 0.15) is 20.7 Å². The molecule has 0 unspecified atom stereocenters. The van der Waals surface area contributed by atoms with E-state index >= 15 is 0 Å². The van der Waals surface area contributed by atoms with E-state index in [0.29, 0.717) is 11.1 Å². The average Bonchev–Trinajstić information content (AvgIpc) is 2.45. The summed E-state index contributed by atoms with van der Waals surface area (Å²) in [6.07, 6.45) is 0. The summed E-state index contributed by atoms with van der Waals surface area (Å²) in [6, 6.07) is 10.6. The molecule has 2 bridgehead atoms. The first-order valence-corrected chi connectivity index (χ1v) is 5.63. The molecule has 0 saturated carbocycles. The van der Waals surface area contributed by atoms with Crippen LogP contribution in [0.25, 0.3) is 10.8 Å². The van der Waals surface area contributed by atoms with Crippen LogP contribution < -0.4 is 0 Å². The standard InChI is InChI=1S/C14H10O4/c15-13-10-7-9-3-1-2-4-11(9)12(8-10)14(16)18-6-5-17-13/h1-4,7-8H,5-6H2. The number of fused-ring (bicyclic) bond motifs is 4. The van der Waals surface area contributed by atoms with Gasteiger partial charge in [0.2, 0.25) is 0 Å². The van der Waals surface area contributed by atoms with Crippen molar-refractivity contribution in [2.45, 2.75) is 0 Å². The molecule has 0 N–H and O–H groups in total. The summed E-state index contributed by atoms with van der Waals surface area (Å²) in [5.74, 6) is -0.855. The van der Waals surface area contributed by atoms with E-state index in [1.54, 1.807) is 6.07 Å². The summed E-state index contributed by atoms with van der Waals surface area (Å²) in [4.78, 5) is 23.7. The van der Waals surface area contributed by atoms with Crippen molar-refractivity contribution in [3.63, 3.8) is 0 Å². The molecule has 1 aliphatic rings. The van der Waals surface area contributed by atoms with Crippen LogP contribution in [0.5, 0.6) is 0 Å². The lowest BCUT2D eigenvalue weighted by atomic mass is 10.0. The zero-order chi connectivity index (χ0) is 12.5. The van der Waals surface area contributed by atoms with Crippen LogP contribution >= 0.6 is 0 Å². The van der Waals surface area contributed by atoms with Gasteiger partial charge in [-0.1, -0.05) is 24.3 Å². The normalized spacial score (nSPS) is 15.3. The van der Waals surface area contributed by atoms with Crippen molar-refractivity contribution in [3.8, 4) is 0 Å². The molecule has 2 aromatic carbocycles. The lowest BCUT2D eigenvalue weighted by molar-refractivity contribution is 0.0278. The predicted octanol–water partition coefficient (Wildman–Crippen LogP) is 2.17. The Morgan fingerprint density at radius 3 is 2.44 bits per heavy atom. The number of esters is 2. The summed E-state index contributed by atoms with van der Waals surface area (Å²) >= 11 is 0. The lowest BCUT2D eigenvalue weighted by Gasteiger charge is -2.06. The Balaban J connectivity index is 2.31. The van der Waals surface area contributed by atoms with Gasteiger partial charge in [0.15, 0.2) is 0 Å². The Morgan fingerprint density at radius 1 is 0.889 bits per heavy atom. The number of hydrogen-bond donors (Lipinski definition) is 0. The summed E-state index contributed by atoms with van der Waals surface area (Å²) in [6.45, 7) is 0.163. The van der Waals surface area contributed by atoms with Crippen molar-refractivity contribution < 1.29 is 19.1 Å². The van der Waals surface area contributed by atoms with Crippen LogP contribution in [-0.2, 0) is 9.47 Å². The molecule has 0 saturated heterocycles. The summed E-state index contributed by atoms with van der Waals surface area (Å²) in [5.41, 5.74) is 0.782. The van der Waals surface area contributed by atoms with Crippen LogP contribution in [0.4, 0.5) is 0 Å². The van der Waals surface area contributed by atoms with E-state index in [4.69, 9.17) is 9.47 Å². The van der Waals surface area contributed by atoms with Crippen molar-refractivity contribution >= 4 is 22.7 Å². The van der Waals surface area contributed by atoms with Crippen molar-refractivity contribution in [2.24, 2.45) is 0 Å². The van der Waals surface area contributed by atoms with Gasteiger partial charge in [0.05, 0.1) is 11.1 Å². The van der Waals surface area contributed by atoms with Gasteiger partial charge in [-0.15, -0.1) is 0 Å². The van der Waals surface area contributed by atoms with E-state index in [1.165, 1.54) is 6.07 Å². The van der Waals surface area contributed by atoms with Gasteiger partial charge >= 0.3 is 11.9 Å². The van der Waals surface area contributed by atoms with Gasteiger partial charge in [-0.2, -0.15) is 0 Å². The van der Waals surface area contributed by atoms with Gasteiger partial charge < -0.3 is 9.47 Å². The highest BCUT2D eigenvalue weighted by Crippen LogP contribution is 2.23. The van der Waals surface area contributed by atoms with Crippen LogP contribution in [-0.4, -0.2) is 25.2 Å². The van der Waals surface area contributed by atoms with Crippen LogP contribution in [0.3, 0.4) is 0 Å². The van der Waals surface area contributed by atoms with E-state index in [1.807, 2.05) is 24.3 Å². The van der Waals surface area contributed by atoms with Crippen molar-refractivity contribution in [1.29, 1.82) is 0 Å². The molecular formula is C14H10O4. The number of rotatable bonds is 0. The first kappa shape index (κ1) is 10.8. The number of cyclic esters (lactones) is 2. The largest absolute Gasteiger partial charge is 0.458 e. The fraction of sp³-hybridized carbons (Fsp3) is 0.143. The molecule has 3 rings (SSSR count). The number of benzene rings is 2. The summed E-state index contributed by atoms with van der Waals surface area (Å²) in [5, 5.41) is 1.60. The smallest absolute Gasteiger partial charge is 0.338 e. The molecule has 1 heterocycles. The highest BCUT2D eigenvalue weighted by molar-refractivity contribution is 6.08. The minimum Gasteiger partial charge on any atom is -0.458 e. The van der Waals surface area contributed by atoms with E-state index in [2.05, 4.69) is 0 Å². The zero-order valence-electron chi connectivity index (χ0n) is 9.51. The average molecular weight is 242 g/mol. The molecule has 0 amide bonds. The highest BCUT2D eigenvalue weighted by Gasteiger charge is 2.19. The van der Waals surface area contributed by atoms with E-state index in [-0.39, 0.29) is 13.2 Å². The molecule has 0 spiro atoms. The van der Waals surface area contributed by atoms with Gasteiger partial charge in [-0.25, -0.2) is 9.59 Å². The molecule has 0 aromatic heterocycles. The molecule has 4 heteroatoms. The summed E-state index contributed by atoms with van der Waals surface area (Å²) in [7, 11) is 0. The Labute approximate surface area is 103 Å². The first-order valence-electron chi connectivity index (χ1n) is 5.63. The fourth-order valence-corrected chi connectivity index (χ4v) is 2.03. The molecular weight excluding hydrogens is 232 g/mol. The maximum atomic E-state index is 11.9. The van der Waals surface area contributed by atoms with E-state index in [0.717, 1.165) is 10.8 Å². The van der Waals surface area contributed by atoms with Gasteiger partial charge in [0.1, 0.15) is 13.2 Å². The van der Waals surface area contributed by atoms with Gasteiger partial charge in [0.25, 0.3) is 0 Å². The number of ether oxygens (including phenoxy) is 2. The van der Waals surface area contributed by atoms with E-state index in [9.17, 15) is 9.59 Å². The van der Waals surface area contributed by atoms with Crippen LogP contribution in [0.15, 0.2) is 36.4 Å². The van der Waals surface area contributed by atoms with E-state index < -0.39 is 11.9 Å². The minimum absolute atomic E-state index is 0.0807. The molecule has 18 heavy (non-hydrogen) atoms.